The van der Waals surface area contributed by atoms with Gasteiger partial charge in [-0.1, -0.05) is 57.7 Å². The van der Waals surface area contributed by atoms with Gasteiger partial charge in [0.25, 0.3) is 11.8 Å². The summed E-state index contributed by atoms with van der Waals surface area (Å²) in [5, 5.41) is 50.0. The first-order valence-electron chi connectivity index (χ1n) is 35.9. The zero-order valence-corrected chi connectivity index (χ0v) is 79.4. The largest absolute Gasteiger partial charge is 0 e. The Balaban J connectivity index is 0.000000530. The SMILES string of the molecule is C.CCCN(CCC)C(=O)c1cc(C)cc(C(=O)N[C@@H](Cc2cc(F)cc(F)c2)[C@H](O)CNCc2cccc(OC)c2)c1.CN[C@@H](Cc1cc(F)cc(F)c1)[C@H](O)CNCc1cccc(OC)c1.CN[C@@H](Cc1cc(F)cc(F)c1)[C@H]1CO1.COc1cccc(CNC[C@@H](O)[C@@H](N)Cc2cc(F)cc(F)c2)c1.[I][V]([I])[I].[I][V][I].[V]. The minimum absolute atomic E-state index is 0. The molecular weight excluding hydrogens is 2180 g/mol. The number of halogens is 13. The number of methoxy groups -OCH3 is 3. The van der Waals surface area contributed by atoms with E-state index in [4.69, 9.17) is 24.7 Å². The Bertz CT molecular complexity index is 4050. The predicted octanol–water partition coefficient (Wildman–Crippen LogP) is 15.8. The number of likely N-dealkylation sites (N-methyl/N-ethyl adjacent to an activating group) is 2. The number of aliphatic hydroxyl groups is 3. The smallest absolute Gasteiger partial charge is 0 e. The molecule has 1 saturated heterocycles. The fraction of sp³-hybridized carbons (Fsp3) is 0.390. The zero-order chi connectivity index (χ0) is 83.5. The van der Waals surface area contributed by atoms with Crippen LogP contribution in [0.15, 0.2) is 164 Å². The van der Waals surface area contributed by atoms with Crippen molar-refractivity contribution >= 4 is 112 Å². The van der Waals surface area contributed by atoms with Crippen molar-refractivity contribution in [3.8, 4) is 17.2 Å². The van der Waals surface area contributed by atoms with Gasteiger partial charge in [-0.15, -0.1) is 0 Å². The predicted molar refractivity (Wildman–Crippen MR) is 472 cm³/mol. The fourth-order valence-corrected chi connectivity index (χ4v) is 11.7. The van der Waals surface area contributed by atoms with Crippen molar-refractivity contribution in [3.05, 3.63) is 266 Å². The molecule has 0 saturated carbocycles. The molecule has 0 bridgehead atoms. The number of aliphatic hydroxyl groups excluding tert-OH is 3. The van der Waals surface area contributed by atoms with Crippen LogP contribution < -0.4 is 51.8 Å². The third-order valence-electron chi connectivity index (χ3n) is 17.1. The number of hydrogen-bond donors (Lipinski definition) is 10. The Kier molecular flexibility index (Phi) is 56.3. The molecule has 2 amide bonds. The molecule has 8 aromatic rings. The van der Waals surface area contributed by atoms with Crippen LogP contribution in [0.25, 0.3) is 0 Å². The molecule has 33 heteroatoms. The summed E-state index contributed by atoms with van der Waals surface area (Å²) >= 11 is 12.1. The van der Waals surface area contributed by atoms with Crippen molar-refractivity contribution < 1.29 is 112 Å². The van der Waals surface area contributed by atoms with Gasteiger partial charge in [-0.3, -0.25) is 9.59 Å². The van der Waals surface area contributed by atoms with Crippen LogP contribution in [0.5, 0.6) is 17.2 Å². The van der Waals surface area contributed by atoms with Crippen LogP contribution in [-0.2, 0) is 83.0 Å². The number of hydrogen-bond acceptors (Lipinski definition) is 15. The molecule has 115 heavy (non-hydrogen) atoms. The molecule has 17 nitrogen and oxygen atoms in total. The number of rotatable bonds is 36. The molecule has 0 unspecified atom stereocenters. The maximum Gasteiger partial charge on any atom is 0 e. The Hall–Kier alpha value is -3.46. The quantitative estimate of drug-likeness (QED) is 0.00999. The number of carbonyl (C=O) groups is 2. The molecule has 1 fully saturated rings. The number of benzene rings is 8. The van der Waals surface area contributed by atoms with Gasteiger partial charge in [-0.2, -0.15) is 0 Å². The normalized spacial score (nSPS) is 13.5. The van der Waals surface area contributed by atoms with Crippen LogP contribution in [-0.4, -0.2) is 155 Å². The van der Waals surface area contributed by atoms with Crippen molar-refractivity contribution in [1.29, 1.82) is 0 Å². The van der Waals surface area contributed by atoms with E-state index < -0.39 is 82.8 Å². The molecule has 1 radical (unpaired) electrons. The topological polar surface area (TPSA) is 236 Å². The molecule has 0 spiro atoms. The van der Waals surface area contributed by atoms with E-state index >= 15 is 0 Å². The van der Waals surface area contributed by atoms with Crippen LogP contribution in [0.1, 0.15) is 99.3 Å². The molecule has 8 aromatic carbocycles. The second kappa shape index (κ2) is 60.1. The van der Waals surface area contributed by atoms with E-state index in [1.54, 1.807) is 51.5 Å². The van der Waals surface area contributed by atoms with Crippen molar-refractivity contribution in [3.63, 3.8) is 0 Å². The monoisotopic (exact) mass is 2280 g/mol. The molecule has 8 atom stereocenters. The van der Waals surface area contributed by atoms with Gasteiger partial charge in [0.15, 0.2) is 0 Å². The van der Waals surface area contributed by atoms with Crippen molar-refractivity contribution in [1.82, 2.24) is 36.8 Å². The van der Waals surface area contributed by atoms with Crippen LogP contribution in [0.4, 0.5) is 35.1 Å². The van der Waals surface area contributed by atoms with Crippen LogP contribution in [0, 0.1) is 53.5 Å². The number of epoxide rings is 1. The summed E-state index contributed by atoms with van der Waals surface area (Å²) in [5.41, 5.74) is 12.2. The number of nitrogens with one attached hydrogen (secondary N) is 6. The summed E-state index contributed by atoms with van der Waals surface area (Å²) < 4.78 is 127. The first kappa shape index (κ1) is 108. The summed E-state index contributed by atoms with van der Waals surface area (Å²) in [5.74, 6) is -3.48. The molecule has 9 rings (SSSR count). The Morgan fingerprint density at radius 2 is 0.852 bits per heavy atom. The maximum atomic E-state index is 14.0. The summed E-state index contributed by atoms with van der Waals surface area (Å²) in [6.07, 6.45) is 0.265. The minimum atomic E-state index is -1.10. The number of nitrogens with zero attached hydrogens (tertiary/aromatic N) is 1. The third kappa shape index (κ3) is 44.3. The zero-order valence-electron chi connectivity index (χ0n) is 64.4. The molecule has 632 valence electrons. The Morgan fingerprint density at radius 3 is 1.19 bits per heavy atom. The Morgan fingerprint density at radius 1 is 0.522 bits per heavy atom. The summed E-state index contributed by atoms with van der Waals surface area (Å²) in [6.45, 7) is 10.1. The van der Waals surface area contributed by atoms with Crippen LogP contribution in [0.3, 0.4) is 0 Å². The molecule has 0 aromatic heterocycles. The van der Waals surface area contributed by atoms with Gasteiger partial charge in [-0.05, 0) is 207 Å². The number of aryl methyl sites for hydroxylation is 1. The molecule has 0 aliphatic carbocycles. The van der Waals surface area contributed by atoms with Gasteiger partial charge in [-0.25, -0.2) is 35.1 Å². The van der Waals surface area contributed by atoms with E-state index in [2.05, 4.69) is 132 Å². The third-order valence-corrected chi connectivity index (χ3v) is 17.1. The van der Waals surface area contributed by atoms with E-state index in [0.717, 1.165) is 77.5 Å². The van der Waals surface area contributed by atoms with E-state index in [9.17, 15) is 60.0 Å². The summed E-state index contributed by atoms with van der Waals surface area (Å²) in [6, 6.07) is 39.4. The number of ether oxygens (including phenoxy) is 4. The van der Waals surface area contributed by atoms with E-state index in [-0.39, 0.29) is 86.5 Å². The number of nitrogens with two attached hydrogens (primary N) is 1. The van der Waals surface area contributed by atoms with Crippen molar-refractivity contribution in [2.75, 3.05) is 74.8 Å². The number of carbonyl (C=O) groups excluding carboxylic acids is 2. The van der Waals surface area contributed by atoms with Gasteiger partial charge in [0.05, 0.1) is 58.4 Å². The van der Waals surface area contributed by atoms with Gasteiger partial charge in [0.1, 0.15) is 63.8 Å². The summed E-state index contributed by atoms with van der Waals surface area (Å²) in [4.78, 5) is 28.2. The standard InChI is InChI=1S/C33H41F2N3O4.C19H24F2N2O2.C18H22F2N2O2.C11H13F2NO.CH4.5HI.3V/c1-5-10-38(11-6-2)33(41)26-13-22(3)12-25(18-26)32(40)37-30(17-24-14-27(34)19-28(35)15-24)31(39)21-36-20-23-8-7-9-29(16-23)42-4;1-22-18(9-14-6-15(20)10-16(21)7-14)19(24)12-23-11-13-4-3-5-17(8-13)25-2;1-24-16-4-2-3-12(7-16)10-22-11-18(23)17(21)8-13-5-14(19)9-15(20)6-13;1-14-10(11-6-15-11)4-7-2-8(12)5-9(13)3-7;;;;;;;;;/h7-9,12-16,18-19,30-31,36,39H,5-6,10-11,17,20-21H2,1-4H3,(H,37,40);3-8,10,18-19,22-24H,9,11-12H2,1-2H3;2-7,9,17-18,22-23H,8,10-11,21H2,1H3;2-3,5,10-11,14H,4,6H2,1H3;1H4;5*1H;;;/q;;;;;;;;;;;+2;+3/p-5/t30-,31+;18-,19+;17-,18+;10-,11+;;;;;;;;;/m0000........./s1. The number of amides is 2. The molecule has 1 aliphatic rings. The fourth-order valence-electron chi connectivity index (χ4n) is 11.7. The Labute approximate surface area is 750 Å². The van der Waals surface area contributed by atoms with Crippen LogP contribution >= 0.6 is 99.9 Å². The second-order valence-electron chi connectivity index (χ2n) is 26.1. The van der Waals surface area contributed by atoms with Crippen molar-refractivity contribution in [2.45, 2.75) is 135 Å². The first-order valence-corrected chi connectivity index (χ1v) is 58.5. The summed E-state index contributed by atoms with van der Waals surface area (Å²) in [7, 11) is 8.96. The molecule has 11 N–H and O–H groups in total. The van der Waals surface area contributed by atoms with Gasteiger partial charge >= 0.3 is 114 Å². The van der Waals surface area contributed by atoms with Crippen LogP contribution in [0.2, 0.25) is 0 Å². The second-order valence-corrected chi connectivity index (χ2v) is 73.3. The van der Waals surface area contributed by atoms with E-state index in [1.807, 2.05) is 101 Å². The average Bonchev–Trinajstić information content (AvgIpc) is 1.14. The minimum Gasteiger partial charge on any atom is 0 e. The van der Waals surface area contributed by atoms with Crippen molar-refractivity contribution in [2.24, 2.45) is 5.73 Å². The van der Waals surface area contributed by atoms with Gasteiger partial charge in [0, 0.05) is 124 Å². The van der Waals surface area contributed by atoms with E-state index in [0.29, 0.717) is 95.1 Å². The van der Waals surface area contributed by atoms with Gasteiger partial charge in [0.2, 0.25) is 0 Å². The first-order chi connectivity index (χ1) is 53.9. The van der Waals surface area contributed by atoms with E-state index in [1.165, 1.54) is 48.5 Å². The molecule has 1 heterocycles. The molecule has 1 aliphatic heterocycles. The maximum absolute atomic E-state index is 14.0. The molecular formula is C82H104F8I5N8O9V3. The van der Waals surface area contributed by atoms with Gasteiger partial charge < -0.3 is 76.8 Å². The average molecular weight is 2290 g/mol.